The number of hydrogen-bond donors (Lipinski definition) is 1. The lowest BCUT2D eigenvalue weighted by Gasteiger charge is -2.21. The molecule has 1 aliphatic heterocycles. The van der Waals surface area contributed by atoms with Gasteiger partial charge in [0.1, 0.15) is 11.4 Å². The van der Waals surface area contributed by atoms with Crippen LogP contribution >= 0.6 is 11.6 Å². The molecule has 0 aliphatic carbocycles. The Hall–Kier alpha value is -2.60. The second kappa shape index (κ2) is 6.26. The Bertz CT molecular complexity index is 778. The number of carboxylic acids is 1. The molecule has 118 valence electrons. The SMILES string of the molecule is O=C(O)CCC(=O)N1Cc2cc(Cl)ccc2Oc2ncccc21. The highest BCUT2D eigenvalue weighted by Crippen LogP contribution is 2.38. The fraction of sp³-hybridized carbons (Fsp3) is 0.188. The number of benzene rings is 1. The number of carbonyl (C=O) groups excluding carboxylic acids is 1. The molecule has 0 saturated heterocycles. The van der Waals surface area contributed by atoms with E-state index in [1.807, 2.05) is 0 Å². The van der Waals surface area contributed by atoms with Gasteiger partial charge in [0.15, 0.2) is 0 Å². The van der Waals surface area contributed by atoms with Crippen molar-refractivity contribution >= 4 is 29.2 Å². The minimum absolute atomic E-state index is 0.0977. The van der Waals surface area contributed by atoms with Gasteiger partial charge in [0.2, 0.25) is 11.8 Å². The van der Waals surface area contributed by atoms with Crippen molar-refractivity contribution in [1.29, 1.82) is 0 Å². The number of carbonyl (C=O) groups is 2. The maximum absolute atomic E-state index is 12.5. The largest absolute Gasteiger partial charge is 0.481 e. The number of fused-ring (bicyclic) bond motifs is 2. The third kappa shape index (κ3) is 3.27. The van der Waals surface area contributed by atoms with Crippen LogP contribution in [0.2, 0.25) is 5.02 Å². The number of rotatable bonds is 3. The number of amides is 1. The summed E-state index contributed by atoms with van der Waals surface area (Å²) in [6.07, 6.45) is 1.24. The molecule has 1 aliphatic rings. The predicted molar refractivity (Wildman–Crippen MR) is 83.8 cm³/mol. The van der Waals surface area contributed by atoms with Crippen molar-refractivity contribution in [2.24, 2.45) is 0 Å². The van der Waals surface area contributed by atoms with Crippen LogP contribution in [-0.4, -0.2) is 22.0 Å². The highest BCUT2D eigenvalue weighted by molar-refractivity contribution is 6.30. The van der Waals surface area contributed by atoms with E-state index in [4.69, 9.17) is 21.4 Å². The molecule has 0 spiro atoms. The molecule has 1 amide bonds. The third-order valence-electron chi connectivity index (χ3n) is 3.45. The average molecular weight is 333 g/mol. The molecule has 0 saturated carbocycles. The monoisotopic (exact) mass is 332 g/mol. The first-order valence-corrected chi connectivity index (χ1v) is 7.36. The van der Waals surface area contributed by atoms with E-state index in [-0.39, 0.29) is 25.3 Å². The number of anilines is 1. The highest BCUT2D eigenvalue weighted by atomic mass is 35.5. The molecule has 0 atom stereocenters. The standard InChI is InChI=1S/C16H13ClN2O4/c17-11-3-4-13-10(8-11)9-19(14(20)5-6-15(21)22)12-2-1-7-18-16(12)23-13/h1-4,7-8H,5-6,9H2,(H,21,22). The summed E-state index contributed by atoms with van der Waals surface area (Å²) in [5.74, 6) is -0.447. The summed E-state index contributed by atoms with van der Waals surface area (Å²) in [7, 11) is 0. The fourth-order valence-corrected chi connectivity index (χ4v) is 2.56. The number of halogens is 1. The van der Waals surface area contributed by atoms with Crippen molar-refractivity contribution in [3.05, 3.63) is 47.1 Å². The number of carboxylic acid groups (broad SMARTS) is 1. The van der Waals surface area contributed by atoms with Crippen LogP contribution in [0.1, 0.15) is 18.4 Å². The number of ether oxygens (including phenoxy) is 1. The lowest BCUT2D eigenvalue weighted by Crippen LogP contribution is -2.30. The highest BCUT2D eigenvalue weighted by Gasteiger charge is 2.26. The zero-order valence-corrected chi connectivity index (χ0v) is 12.8. The maximum Gasteiger partial charge on any atom is 0.303 e. The number of aliphatic carboxylic acids is 1. The van der Waals surface area contributed by atoms with Crippen molar-refractivity contribution in [1.82, 2.24) is 4.98 Å². The van der Waals surface area contributed by atoms with Gasteiger partial charge in [-0.05, 0) is 30.3 Å². The predicted octanol–water partition coefficient (Wildman–Crippen LogP) is 3.24. The summed E-state index contributed by atoms with van der Waals surface area (Å²) in [4.78, 5) is 28.8. The Kier molecular flexibility index (Phi) is 4.16. The second-order valence-electron chi connectivity index (χ2n) is 5.06. The van der Waals surface area contributed by atoms with Gasteiger partial charge in [0.05, 0.1) is 13.0 Å². The summed E-state index contributed by atoms with van der Waals surface area (Å²) in [6.45, 7) is 0.243. The van der Waals surface area contributed by atoms with E-state index in [9.17, 15) is 9.59 Å². The van der Waals surface area contributed by atoms with Crippen LogP contribution in [0.15, 0.2) is 36.5 Å². The molecule has 1 aromatic carbocycles. The Morgan fingerprint density at radius 1 is 1.30 bits per heavy atom. The van der Waals surface area contributed by atoms with Crippen LogP contribution in [0.25, 0.3) is 0 Å². The minimum Gasteiger partial charge on any atom is -0.481 e. The van der Waals surface area contributed by atoms with Gasteiger partial charge in [-0.1, -0.05) is 11.6 Å². The van der Waals surface area contributed by atoms with Gasteiger partial charge < -0.3 is 14.7 Å². The zero-order valence-electron chi connectivity index (χ0n) is 12.0. The number of hydrogen-bond acceptors (Lipinski definition) is 4. The number of aromatic nitrogens is 1. The van der Waals surface area contributed by atoms with Gasteiger partial charge in [-0.15, -0.1) is 0 Å². The first-order chi connectivity index (χ1) is 11.0. The van der Waals surface area contributed by atoms with Crippen LogP contribution < -0.4 is 9.64 Å². The third-order valence-corrected chi connectivity index (χ3v) is 3.69. The number of nitrogens with zero attached hydrogens (tertiary/aromatic N) is 2. The minimum atomic E-state index is -1.01. The van der Waals surface area contributed by atoms with Crippen LogP contribution in [-0.2, 0) is 16.1 Å². The fourth-order valence-electron chi connectivity index (χ4n) is 2.37. The summed E-state index contributed by atoms with van der Waals surface area (Å²) in [5.41, 5.74) is 1.24. The molecular formula is C16H13ClN2O4. The van der Waals surface area contributed by atoms with E-state index in [0.29, 0.717) is 22.3 Å². The van der Waals surface area contributed by atoms with E-state index in [1.54, 1.807) is 36.5 Å². The van der Waals surface area contributed by atoms with Crippen LogP contribution in [0, 0.1) is 0 Å². The molecule has 23 heavy (non-hydrogen) atoms. The van der Waals surface area contributed by atoms with Crippen LogP contribution in [0.5, 0.6) is 11.6 Å². The van der Waals surface area contributed by atoms with Crippen LogP contribution in [0.3, 0.4) is 0 Å². The molecule has 1 N–H and O–H groups in total. The summed E-state index contributed by atoms with van der Waals surface area (Å²) < 4.78 is 5.78. The van der Waals surface area contributed by atoms with Crippen molar-refractivity contribution in [2.75, 3.05) is 4.90 Å². The maximum atomic E-state index is 12.5. The average Bonchev–Trinajstić information content (AvgIpc) is 2.69. The Balaban J connectivity index is 2.00. The van der Waals surface area contributed by atoms with E-state index >= 15 is 0 Å². The van der Waals surface area contributed by atoms with Gasteiger partial charge in [-0.25, -0.2) is 4.98 Å². The molecule has 3 rings (SSSR count). The first-order valence-electron chi connectivity index (χ1n) is 6.98. The van der Waals surface area contributed by atoms with Gasteiger partial charge in [0, 0.05) is 23.2 Å². The van der Waals surface area contributed by atoms with E-state index < -0.39 is 5.97 Å². The molecule has 0 radical (unpaired) electrons. The lowest BCUT2D eigenvalue weighted by molar-refractivity contribution is -0.138. The molecule has 6 nitrogen and oxygen atoms in total. The molecule has 7 heteroatoms. The first kappa shape index (κ1) is 15.3. The molecule has 2 heterocycles. The Morgan fingerprint density at radius 2 is 2.13 bits per heavy atom. The van der Waals surface area contributed by atoms with Crippen molar-refractivity contribution in [3.8, 4) is 11.6 Å². The lowest BCUT2D eigenvalue weighted by atomic mass is 10.1. The zero-order chi connectivity index (χ0) is 16.4. The second-order valence-corrected chi connectivity index (χ2v) is 5.49. The molecule has 1 aromatic heterocycles. The smallest absolute Gasteiger partial charge is 0.303 e. The van der Waals surface area contributed by atoms with Crippen molar-refractivity contribution < 1.29 is 19.4 Å². The summed E-state index contributed by atoms with van der Waals surface area (Å²) in [6, 6.07) is 8.56. The van der Waals surface area contributed by atoms with E-state index in [0.717, 1.165) is 5.56 Å². The quantitative estimate of drug-likeness (QED) is 0.933. The van der Waals surface area contributed by atoms with Crippen LogP contribution in [0.4, 0.5) is 5.69 Å². The molecular weight excluding hydrogens is 320 g/mol. The Morgan fingerprint density at radius 3 is 2.91 bits per heavy atom. The van der Waals surface area contributed by atoms with Crippen molar-refractivity contribution in [3.63, 3.8) is 0 Å². The summed E-state index contributed by atoms with van der Waals surface area (Å²) in [5, 5.41) is 9.31. The molecule has 0 unspecified atom stereocenters. The Labute approximate surface area is 137 Å². The molecule has 0 bridgehead atoms. The molecule has 2 aromatic rings. The van der Waals surface area contributed by atoms with Gasteiger partial charge >= 0.3 is 5.97 Å². The molecule has 0 fully saturated rings. The van der Waals surface area contributed by atoms with Gasteiger partial charge in [-0.3, -0.25) is 9.59 Å². The number of pyridine rings is 1. The van der Waals surface area contributed by atoms with E-state index in [2.05, 4.69) is 4.98 Å². The van der Waals surface area contributed by atoms with Gasteiger partial charge in [-0.2, -0.15) is 0 Å². The van der Waals surface area contributed by atoms with E-state index in [1.165, 1.54) is 4.90 Å². The summed E-state index contributed by atoms with van der Waals surface area (Å²) >= 11 is 6.02. The van der Waals surface area contributed by atoms with Crippen molar-refractivity contribution in [2.45, 2.75) is 19.4 Å². The topological polar surface area (TPSA) is 79.7 Å². The van der Waals surface area contributed by atoms with Gasteiger partial charge in [0.25, 0.3) is 0 Å². The normalized spacial score (nSPS) is 12.7.